The van der Waals surface area contributed by atoms with Crippen molar-refractivity contribution in [2.24, 2.45) is 0 Å². The van der Waals surface area contributed by atoms with Gasteiger partial charge in [0.2, 0.25) is 0 Å². The Bertz CT molecular complexity index is 672. The van der Waals surface area contributed by atoms with Gasteiger partial charge >= 0.3 is 7.12 Å². The van der Waals surface area contributed by atoms with Gasteiger partial charge in [-0.3, -0.25) is 4.79 Å². The fourth-order valence-corrected chi connectivity index (χ4v) is 2.90. The molecule has 1 saturated heterocycles. The van der Waals surface area contributed by atoms with E-state index in [1.807, 2.05) is 27.7 Å². The van der Waals surface area contributed by atoms with Crippen LogP contribution < -0.4 is 4.74 Å². The van der Waals surface area contributed by atoms with Gasteiger partial charge in [0.25, 0.3) is 0 Å². The first kappa shape index (κ1) is 20.0. The average Bonchev–Trinajstić information content (AvgIpc) is 2.72. The summed E-state index contributed by atoms with van der Waals surface area (Å²) in [6, 6.07) is 4.65. The van der Waals surface area contributed by atoms with Gasteiger partial charge in [-0.2, -0.15) is 0 Å². The molecule has 0 amide bonds. The summed E-state index contributed by atoms with van der Waals surface area (Å²) < 4.78 is 31.4. The predicted octanol–water partition coefficient (Wildman–Crippen LogP) is 4.13. The molecule has 1 aromatic rings. The summed E-state index contributed by atoms with van der Waals surface area (Å²) in [6.45, 7) is 9.32. The van der Waals surface area contributed by atoms with Gasteiger partial charge in [-0.1, -0.05) is 17.8 Å². The molecular weight excluding hydrogens is 342 g/mol. The van der Waals surface area contributed by atoms with Crippen LogP contribution in [0.25, 0.3) is 6.08 Å². The Balaban J connectivity index is 2.35. The van der Waals surface area contributed by atoms with E-state index in [0.717, 1.165) is 11.8 Å². The zero-order valence-electron chi connectivity index (χ0n) is 15.5. The Morgan fingerprint density at radius 3 is 2.36 bits per heavy atom. The van der Waals surface area contributed by atoms with Crippen molar-refractivity contribution in [1.82, 2.24) is 0 Å². The lowest BCUT2D eigenvalue weighted by atomic mass is 9.78. The Hall–Kier alpha value is -1.31. The van der Waals surface area contributed by atoms with Crippen LogP contribution in [0.4, 0.5) is 4.39 Å². The van der Waals surface area contributed by atoms with Crippen LogP contribution in [0.3, 0.4) is 0 Å². The largest absolute Gasteiger partial charge is 0.497 e. The molecule has 4 nitrogen and oxygen atoms in total. The SMILES string of the molecule is COc1ccc(C=C(CSC(C)=O)B2OC(C)(C)C(C)(C)O2)c(F)c1. The smallest absolute Gasteiger partial charge is 0.491 e. The first-order valence-electron chi connectivity index (χ1n) is 8.09. The molecule has 0 unspecified atom stereocenters. The molecule has 2 rings (SSSR count). The lowest BCUT2D eigenvalue weighted by Gasteiger charge is -2.32. The number of methoxy groups -OCH3 is 1. The molecule has 1 aromatic carbocycles. The van der Waals surface area contributed by atoms with Crippen LogP contribution in [-0.4, -0.2) is 36.3 Å². The number of carbonyl (C=O) groups excluding carboxylic acids is 1. The maximum absolute atomic E-state index is 14.3. The fraction of sp³-hybridized carbons (Fsp3) is 0.500. The number of ether oxygens (including phenoxy) is 1. The Morgan fingerprint density at radius 1 is 1.28 bits per heavy atom. The van der Waals surface area contributed by atoms with E-state index in [0.29, 0.717) is 22.5 Å². The minimum atomic E-state index is -0.627. The Morgan fingerprint density at radius 2 is 1.88 bits per heavy atom. The van der Waals surface area contributed by atoms with Gasteiger partial charge in [0.05, 0.1) is 18.3 Å². The van der Waals surface area contributed by atoms with E-state index >= 15 is 0 Å². The third-order valence-electron chi connectivity index (χ3n) is 4.55. The van der Waals surface area contributed by atoms with Crippen LogP contribution in [0, 0.1) is 5.82 Å². The number of rotatable bonds is 5. The highest BCUT2D eigenvalue weighted by Crippen LogP contribution is 2.39. The van der Waals surface area contributed by atoms with Crippen LogP contribution in [0.15, 0.2) is 23.7 Å². The normalized spacial score (nSPS) is 19.2. The van der Waals surface area contributed by atoms with E-state index in [1.165, 1.54) is 20.1 Å². The van der Waals surface area contributed by atoms with Gasteiger partial charge < -0.3 is 14.0 Å². The van der Waals surface area contributed by atoms with Crippen molar-refractivity contribution < 1.29 is 23.2 Å². The quantitative estimate of drug-likeness (QED) is 0.734. The van der Waals surface area contributed by atoms with Gasteiger partial charge in [-0.15, -0.1) is 0 Å². The van der Waals surface area contributed by atoms with Gasteiger partial charge in [-0.05, 0) is 45.3 Å². The minimum absolute atomic E-state index is 0.0161. The van der Waals surface area contributed by atoms with Crippen LogP contribution in [0.2, 0.25) is 0 Å². The summed E-state index contributed by atoms with van der Waals surface area (Å²) in [7, 11) is 0.863. The van der Waals surface area contributed by atoms with Gasteiger partial charge in [0, 0.05) is 24.3 Å². The summed E-state index contributed by atoms with van der Waals surface area (Å²) in [5, 5.41) is -0.0161. The number of thioether (sulfide) groups is 1. The number of benzene rings is 1. The number of hydrogen-bond acceptors (Lipinski definition) is 5. The maximum atomic E-state index is 14.3. The summed E-state index contributed by atoms with van der Waals surface area (Å²) in [6.07, 6.45) is 1.69. The van der Waals surface area contributed by atoms with Gasteiger partial charge in [-0.25, -0.2) is 4.39 Å². The van der Waals surface area contributed by atoms with Crippen molar-refractivity contribution in [3.63, 3.8) is 0 Å². The van der Waals surface area contributed by atoms with Crippen molar-refractivity contribution in [3.05, 3.63) is 35.1 Å². The maximum Gasteiger partial charge on any atom is 0.491 e. The van der Waals surface area contributed by atoms with E-state index < -0.39 is 24.1 Å². The molecule has 1 fully saturated rings. The van der Waals surface area contributed by atoms with E-state index in [1.54, 1.807) is 18.2 Å². The second-order valence-corrected chi connectivity index (χ2v) is 8.13. The highest BCUT2D eigenvalue weighted by atomic mass is 32.2. The molecule has 0 atom stereocenters. The van der Waals surface area contributed by atoms with E-state index in [9.17, 15) is 9.18 Å². The Kier molecular flexibility index (Phi) is 6.02. The highest BCUT2D eigenvalue weighted by molar-refractivity contribution is 8.13. The standard InChI is InChI=1S/C18H24BFO4S/c1-12(21)25-11-14(19-23-17(2,3)18(4,5)24-19)9-13-7-8-15(22-6)10-16(13)20/h7-10H,11H2,1-6H3. The second-order valence-electron chi connectivity index (χ2n) is 6.98. The van der Waals surface area contributed by atoms with Gasteiger partial charge in [0.1, 0.15) is 11.6 Å². The van der Waals surface area contributed by atoms with Crippen LogP contribution in [-0.2, 0) is 14.1 Å². The fourth-order valence-electron chi connectivity index (χ4n) is 2.31. The third kappa shape index (κ3) is 4.66. The molecular formula is C18H24BFO4S. The molecule has 0 aliphatic carbocycles. The summed E-state index contributed by atoms with van der Waals surface area (Å²) >= 11 is 1.14. The lowest BCUT2D eigenvalue weighted by Crippen LogP contribution is -2.41. The molecule has 0 spiro atoms. The first-order valence-corrected chi connectivity index (χ1v) is 9.07. The van der Waals surface area contributed by atoms with E-state index in [4.69, 9.17) is 14.0 Å². The van der Waals surface area contributed by atoms with Crippen molar-refractivity contribution in [2.45, 2.75) is 45.8 Å². The minimum Gasteiger partial charge on any atom is -0.497 e. The molecule has 7 heteroatoms. The molecule has 0 saturated carbocycles. The first-order chi connectivity index (χ1) is 11.6. The third-order valence-corrected chi connectivity index (χ3v) is 5.43. The van der Waals surface area contributed by atoms with E-state index in [2.05, 4.69) is 0 Å². The molecule has 1 aliphatic rings. The number of hydrogen-bond donors (Lipinski definition) is 0. The Labute approximate surface area is 153 Å². The molecule has 1 aliphatic heterocycles. The van der Waals surface area contributed by atoms with Crippen molar-refractivity contribution in [1.29, 1.82) is 0 Å². The summed E-state index contributed by atoms with van der Waals surface area (Å²) in [5.74, 6) is 0.420. The summed E-state index contributed by atoms with van der Waals surface area (Å²) in [4.78, 5) is 11.4. The van der Waals surface area contributed by atoms with Gasteiger partial charge in [0.15, 0.2) is 5.12 Å². The molecule has 0 bridgehead atoms. The van der Waals surface area contributed by atoms with E-state index in [-0.39, 0.29) is 5.12 Å². The monoisotopic (exact) mass is 366 g/mol. The van der Waals surface area contributed by atoms with Crippen LogP contribution >= 0.6 is 11.8 Å². The molecule has 1 heterocycles. The van der Waals surface area contributed by atoms with Crippen molar-refractivity contribution in [2.75, 3.05) is 12.9 Å². The summed E-state index contributed by atoms with van der Waals surface area (Å²) in [5.41, 5.74) is 0.101. The topological polar surface area (TPSA) is 44.8 Å². The van der Waals surface area contributed by atoms with Crippen LogP contribution in [0.1, 0.15) is 40.2 Å². The molecule has 0 aromatic heterocycles. The lowest BCUT2D eigenvalue weighted by molar-refractivity contribution is -0.109. The number of halogens is 1. The molecule has 136 valence electrons. The molecule has 0 radical (unpaired) electrons. The van der Waals surface area contributed by atoms with Crippen LogP contribution in [0.5, 0.6) is 5.75 Å². The van der Waals surface area contributed by atoms with Crippen molar-refractivity contribution in [3.8, 4) is 5.75 Å². The zero-order chi connectivity index (χ0) is 18.8. The van der Waals surface area contributed by atoms with Crippen molar-refractivity contribution >= 4 is 30.1 Å². The molecule has 25 heavy (non-hydrogen) atoms. The average molecular weight is 366 g/mol. The highest BCUT2D eigenvalue weighted by Gasteiger charge is 2.52. The molecule has 0 N–H and O–H groups in total. The zero-order valence-corrected chi connectivity index (χ0v) is 16.3. The second kappa shape index (κ2) is 7.52. The predicted molar refractivity (Wildman–Crippen MR) is 100 cm³/mol. The number of carbonyl (C=O) groups is 1.